The van der Waals surface area contributed by atoms with E-state index in [2.05, 4.69) is 21.1 Å². The number of ether oxygens (including phenoxy) is 1. The van der Waals surface area contributed by atoms with Crippen molar-refractivity contribution in [1.82, 2.24) is 20.1 Å². The Labute approximate surface area is 217 Å². The highest BCUT2D eigenvalue weighted by molar-refractivity contribution is 5.80. The predicted molar refractivity (Wildman–Crippen MR) is 130 cm³/mol. The van der Waals surface area contributed by atoms with E-state index in [1.165, 1.54) is 0 Å². The fourth-order valence-electron chi connectivity index (χ4n) is 5.32. The molecule has 3 aliphatic rings. The second kappa shape index (κ2) is 10.6. The van der Waals surface area contributed by atoms with Gasteiger partial charge in [0.15, 0.2) is 0 Å². The molecular formula is C25H28F3N7O3. The van der Waals surface area contributed by atoms with E-state index in [1.54, 1.807) is 17.2 Å². The normalized spacial score (nSPS) is 23.7. The predicted octanol–water partition coefficient (Wildman–Crippen LogP) is 2.03. The molecule has 3 fully saturated rings. The third-order valence-corrected chi connectivity index (χ3v) is 7.55. The molecule has 2 aliphatic heterocycles. The number of rotatable bonds is 6. The molecule has 1 saturated carbocycles. The number of H-pyrrole nitrogens is 1. The maximum atomic E-state index is 13.4. The van der Waals surface area contributed by atoms with Gasteiger partial charge in [0.2, 0.25) is 5.91 Å². The summed E-state index contributed by atoms with van der Waals surface area (Å²) in [4.78, 5) is 34.5. The van der Waals surface area contributed by atoms with Gasteiger partial charge >= 0.3 is 6.18 Å². The van der Waals surface area contributed by atoms with Crippen LogP contribution in [-0.2, 0) is 15.7 Å². The van der Waals surface area contributed by atoms with E-state index in [4.69, 9.17) is 10.00 Å². The van der Waals surface area contributed by atoms with Gasteiger partial charge in [-0.1, -0.05) is 0 Å². The third kappa shape index (κ3) is 5.45. The Morgan fingerprint density at radius 3 is 2.55 bits per heavy atom. The highest BCUT2D eigenvalue weighted by Gasteiger charge is 2.41. The maximum absolute atomic E-state index is 13.4. The number of amides is 1. The summed E-state index contributed by atoms with van der Waals surface area (Å²) >= 11 is 0. The van der Waals surface area contributed by atoms with Gasteiger partial charge < -0.3 is 19.4 Å². The van der Waals surface area contributed by atoms with Crippen molar-refractivity contribution in [2.75, 3.05) is 55.7 Å². The van der Waals surface area contributed by atoms with Crippen LogP contribution in [0.3, 0.4) is 0 Å². The summed E-state index contributed by atoms with van der Waals surface area (Å²) in [7, 11) is 0. The van der Waals surface area contributed by atoms with Crippen LogP contribution in [0, 0.1) is 23.2 Å². The van der Waals surface area contributed by atoms with Crippen molar-refractivity contribution < 1.29 is 22.7 Å². The van der Waals surface area contributed by atoms with Crippen molar-refractivity contribution in [2.45, 2.75) is 31.5 Å². The number of hydrogen-bond acceptors (Lipinski definition) is 8. The molecule has 2 aromatic heterocycles. The van der Waals surface area contributed by atoms with Crippen molar-refractivity contribution in [1.29, 1.82) is 5.26 Å². The molecule has 4 heterocycles. The molecule has 1 amide bonds. The average Bonchev–Trinajstić information content (AvgIpc) is 3.36. The van der Waals surface area contributed by atoms with Crippen LogP contribution in [0.5, 0.6) is 0 Å². The minimum atomic E-state index is -4.76. The smallest absolute Gasteiger partial charge is 0.378 e. The number of aromatic amines is 1. The molecule has 38 heavy (non-hydrogen) atoms. The summed E-state index contributed by atoms with van der Waals surface area (Å²) in [6.07, 6.45) is -0.265. The minimum Gasteiger partial charge on any atom is -0.378 e. The SMILES string of the molecule is N#Cc1ccc(N2CCN(C(=O)C3CC(OC[C@H]4CCN(c5cn[nH]c(=O)c5C(F)(F)F)C4)C3)CC2)nc1. The molecule has 13 heteroatoms. The summed E-state index contributed by atoms with van der Waals surface area (Å²) in [5.41, 5.74) is -2.15. The van der Waals surface area contributed by atoms with E-state index in [0.29, 0.717) is 70.7 Å². The Hall–Kier alpha value is -3.66. The van der Waals surface area contributed by atoms with Gasteiger partial charge in [0.25, 0.3) is 5.56 Å². The van der Waals surface area contributed by atoms with Gasteiger partial charge in [-0.25, -0.2) is 10.1 Å². The van der Waals surface area contributed by atoms with Gasteiger partial charge in [-0.3, -0.25) is 9.59 Å². The molecular weight excluding hydrogens is 503 g/mol. The van der Waals surface area contributed by atoms with Gasteiger partial charge in [0, 0.05) is 57.3 Å². The van der Waals surface area contributed by atoms with Gasteiger partial charge in [-0.05, 0) is 31.4 Å². The lowest BCUT2D eigenvalue weighted by Gasteiger charge is -2.41. The van der Waals surface area contributed by atoms with Crippen LogP contribution < -0.4 is 15.4 Å². The number of nitrogens with one attached hydrogen (secondary N) is 1. The van der Waals surface area contributed by atoms with Crippen LogP contribution in [0.4, 0.5) is 24.7 Å². The number of carbonyl (C=O) groups is 1. The zero-order valence-electron chi connectivity index (χ0n) is 20.7. The van der Waals surface area contributed by atoms with Gasteiger partial charge in [0.05, 0.1) is 30.2 Å². The summed E-state index contributed by atoms with van der Waals surface area (Å²) in [5.74, 6) is 0.889. The number of nitriles is 1. The molecule has 1 aliphatic carbocycles. The molecule has 10 nitrogen and oxygen atoms in total. The number of anilines is 2. The number of hydrogen-bond donors (Lipinski definition) is 1. The molecule has 1 N–H and O–H groups in total. The van der Waals surface area contributed by atoms with Crippen molar-refractivity contribution in [3.8, 4) is 6.07 Å². The van der Waals surface area contributed by atoms with E-state index < -0.39 is 17.3 Å². The third-order valence-electron chi connectivity index (χ3n) is 7.55. The van der Waals surface area contributed by atoms with Gasteiger partial charge in [0.1, 0.15) is 17.5 Å². The summed E-state index contributed by atoms with van der Waals surface area (Å²) in [6, 6.07) is 5.60. The first-order valence-electron chi connectivity index (χ1n) is 12.6. The fraction of sp³-hybridized carbons (Fsp3) is 0.560. The van der Waals surface area contributed by atoms with E-state index in [1.807, 2.05) is 16.1 Å². The lowest BCUT2D eigenvalue weighted by Crippen LogP contribution is -2.53. The Kier molecular flexibility index (Phi) is 7.25. The second-order valence-electron chi connectivity index (χ2n) is 10.0. The lowest BCUT2D eigenvalue weighted by atomic mass is 9.81. The Balaban J connectivity index is 1.04. The van der Waals surface area contributed by atoms with Crippen molar-refractivity contribution in [3.05, 3.63) is 46.0 Å². The van der Waals surface area contributed by atoms with E-state index >= 15 is 0 Å². The first-order valence-corrected chi connectivity index (χ1v) is 12.6. The molecule has 0 radical (unpaired) electrons. The number of nitrogens with zero attached hydrogens (tertiary/aromatic N) is 6. The highest BCUT2D eigenvalue weighted by Crippen LogP contribution is 2.36. The average molecular weight is 532 g/mol. The zero-order valence-corrected chi connectivity index (χ0v) is 20.7. The highest BCUT2D eigenvalue weighted by atomic mass is 19.4. The topological polar surface area (TPSA) is 118 Å². The van der Waals surface area contributed by atoms with Crippen LogP contribution >= 0.6 is 0 Å². The number of halogens is 3. The summed E-state index contributed by atoms with van der Waals surface area (Å²) < 4.78 is 46.1. The van der Waals surface area contributed by atoms with Crippen LogP contribution in [0.2, 0.25) is 0 Å². The number of pyridine rings is 1. The number of alkyl halides is 3. The molecule has 2 saturated heterocycles. The number of piperazine rings is 1. The van der Waals surface area contributed by atoms with Crippen LogP contribution in [0.1, 0.15) is 30.4 Å². The zero-order chi connectivity index (χ0) is 26.9. The molecule has 0 spiro atoms. The fourth-order valence-corrected chi connectivity index (χ4v) is 5.32. The second-order valence-corrected chi connectivity index (χ2v) is 10.0. The molecule has 0 unspecified atom stereocenters. The molecule has 5 rings (SSSR count). The van der Waals surface area contributed by atoms with Crippen molar-refractivity contribution in [3.63, 3.8) is 0 Å². The monoisotopic (exact) mass is 531 g/mol. The molecule has 1 atom stereocenters. The standard InChI is InChI=1S/C25H28F3N7O3/c26-25(27,28)22-20(13-31-32-23(22)36)35-4-3-17(14-35)15-38-19-9-18(10-19)24(37)34-7-5-33(6-8-34)21-2-1-16(11-29)12-30-21/h1-2,12-13,17-19H,3-10,14-15H2,(H,32,36)/t17-,18?,19?/m0/s1. The molecule has 0 aromatic carbocycles. The lowest BCUT2D eigenvalue weighted by molar-refractivity contribution is -0.145. The molecule has 0 bridgehead atoms. The van der Waals surface area contributed by atoms with E-state index in [9.17, 15) is 22.8 Å². The minimum absolute atomic E-state index is 0.0332. The quantitative estimate of drug-likeness (QED) is 0.602. The molecule has 2 aromatic rings. The Bertz CT molecular complexity index is 1250. The summed E-state index contributed by atoms with van der Waals surface area (Å²) in [6.45, 7) is 3.70. The number of aromatic nitrogens is 3. The van der Waals surface area contributed by atoms with Crippen molar-refractivity contribution >= 4 is 17.4 Å². The van der Waals surface area contributed by atoms with Gasteiger partial charge in [-0.15, -0.1) is 0 Å². The maximum Gasteiger partial charge on any atom is 0.423 e. The van der Waals surface area contributed by atoms with Crippen LogP contribution in [0.15, 0.2) is 29.3 Å². The van der Waals surface area contributed by atoms with E-state index in [0.717, 1.165) is 12.0 Å². The van der Waals surface area contributed by atoms with Gasteiger partial charge in [-0.2, -0.15) is 23.5 Å². The largest absolute Gasteiger partial charge is 0.423 e. The first-order chi connectivity index (χ1) is 18.2. The van der Waals surface area contributed by atoms with E-state index in [-0.39, 0.29) is 29.5 Å². The van der Waals surface area contributed by atoms with Crippen LogP contribution in [-0.4, -0.2) is 78.0 Å². The Morgan fingerprint density at radius 2 is 1.89 bits per heavy atom. The van der Waals surface area contributed by atoms with Crippen molar-refractivity contribution in [2.24, 2.45) is 11.8 Å². The number of carbonyl (C=O) groups excluding carboxylic acids is 1. The van der Waals surface area contributed by atoms with Crippen LogP contribution in [0.25, 0.3) is 0 Å². The first kappa shape index (κ1) is 26.0. The Morgan fingerprint density at radius 1 is 1.13 bits per heavy atom. The summed E-state index contributed by atoms with van der Waals surface area (Å²) in [5, 5.41) is 14.3. The molecule has 202 valence electrons.